The van der Waals surface area contributed by atoms with Crippen LogP contribution in [0.25, 0.3) is 0 Å². The Kier molecular flexibility index (Phi) is 7.02. The molecule has 1 aromatic carbocycles. The van der Waals surface area contributed by atoms with Crippen LogP contribution in [0.15, 0.2) is 28.7 Å². The first-order valence-electron chi connectivity index (χ1n) is 6.60. The van der Waals surface area contributed by atoms with E-state index in [4.69, 9.17) is 4.74 Å². The van der Waals surface area contributed by atoms with Gasteiger partial charge in [0.05, 0.1) is 12.2 Å². The zero-order chi connectivity index (χ0) is 13.4. The van der Waals surface area contributed by atoms with Crippen LogP contribution in [0.3, 0.4) is 0 Å². The number of carbonyl (C=O) groups is 1. The maximum absolute atomic E-state index is 11.9. The zero-order valence-electron chi connectivity index (χ0n) is 11.1. The molecule has 18 heavy (non-hydrogen) atoms. The number of halogens is 1. The van der Waals surface area contributed by atoms with Crippen molar-refractivity contribution in [2.45, 2.75) is 39.5 Å². The van der Waals surface area contributed by atoms with E-state index in [9.17, 15) is 4.79 Å². The molecule has 0 saturated heterocycles. The van der Waals surface area contributed by atoms with Gasteiger partial charge in [0.15, 0.2) is 0 Å². The molecular weight excluding hydrogens is 292 g/mol. The van der Waals surface area contributed by atoms with Gasteiger partial charge in [-0.3, -0.25) is 0 Å². The van der Waals surface area contributed by atoms with Gasteiger partial charge in [0.25, 0.3) is 0 Å². The van der Waals surface area contributed by atoms with Crippen LogP contribution in [0.2, 0.25) is 0 Å². The van der Waals surface area contributed by atoms with Gasteiger partial charge >= 0.3 is 5.97 Å². The molecular formula is C15H21BrO2. The molecule has 0 aromatic heterocycles. The molecule has 0 heterocycles. The van der Waals surface area contributed by atoms with Crippen LogP contribution in [0.1, 0.15) is 49.9 Å². The average Bonchev–Trinajstić information content (AvgIpc) is 2.39. The third-order valence-corrected chi connectivity index (χ3v) is 3.78. The predicted octanol–water partition coefficient (Wildman–Crippen LogP) is 4.82. The lowest BCUT2D eigenvalue weighted by molar-refractivity contribution is 0.0427. The molecule has 0 aliphatic rings. The highest BCUT2D eigenvalue weighted by molar-refractivity contribution is 9.10. The summed E-state index contributed by atoms with van der Waals surface area (Å²) in [6.45, 7) is 4.85. The predicted molar refractivity (Wildman–Crippen MR) is 77.7 cm³/mol. The second-order valence-electron chi connectivity index (χ2n) is 4.49. The van der Waals surface area contributed by atoms with Crippen molar-refractivity contribution in [3.05, 3.63) is 34.3 Å². The number of hydrogen-bond donors (Lipinski definition) is 0. The molecule has 0 fully saturated rings. The van der Waals surface area contributed by atoms with E-state index in [1.807, 2.05) is 18.2 Å². The standard InChI is InChI=1S/C15H21BrO2/c1-3-5-8-12(4-2)11-18-15(17)13-9-6-7-10-14(13)16/h6-7,9-10,12H,3-5,8,11H2,1-2H3. The molecule has 1 atom stereocenters. The Morgan fingerprint density at radius 3 is 2.67 bits per heavy atom. The molecule has 0 N–H and O–H groups in total. The molecule has 100 valence electrons. The van der Waals surface area contributed by atoms with Crippen molar-refractivity contribution in [3.8, 4) is 0 Å². The summed E-state index contributed by atoms with van der Waals surface area (Å²) in [5, 5.41) is 0. The van der Waals surface area contributed by atoms with Crippen LogP contribution < -0.4 is 0 Å². The van der Waals surface area contributed by atoms with Crippen molar-refractivity contribution in [1.29, 1.82) is 0 Å². The number of ether oxygens (including phenoxy) is 1. The van der Waals surface area contributed by atoms with Gasteiger partial charge in [0, 0.05) is 4.47 Å². The van der Waals surface area contributed by atoms with Gasteiger partial charge in [-0.15, -0.1) is 0 Å². The minimum atomic E-state index is -0.238. The Labute approximate surface area is 118 Å². The van der Waals surface area contributed by atoms with Gasteiger partial charge in [-0.2, -0.15) is 0 Å². The van der Waals surface area contributed by atoms with E-state index in [1.165, 1.54) is 12.8 Å². The maximum Gasteiger partial charge on any atom is 0.339 e. The van der Waals surface area contributed by atoms with E-state index >= 15 is 0 Å². The molecule has 3 heteroatoms. The van der Waals surface area contributed by atoms with Crippen molar-refractivity contribution < 1.29 is 9.53 Å². The van der Waals surface area contributed by atoms with Gasteiger partial charge in [0.2, 0.25) is 0 Å². The Balaban J connectivity index is 2.47. The molecule has 1 unspecified atom stereocenters. The molecule has 2 nitrogen and oxygen atoms in total. The highest BCUT2D eigenvalue weighted by Crippen LogP contribution is 2.18. The van der Waals surface area contributed by atoms with Crippen LogP contribution in [-0.4, -0.2) is 12.6 Å². The molecule has 1 aromatic rings. The fraction of sp³-hybridized carbons (Fsp3) is 0.533. The summed E-state index contributed by atoms with van der Waals surface area (Å²) in [5.74, 6) is 0.244. The van der Waals surface area contributed by atoms with Gasteiger partial charge in [-0.1, -0.05) is 45.2 Å². The Bertz CT molecular complexity index is 377. The first kappa shape index (κ1) is 15.2. The van der Waals surface area contributed by atoms with Crippen LogP contribution in [0.4, 0.5) is 0 Å². The third-order valence-electron chi connectivity index (χ3n) is 3.09. The Morgan fingerprint density at radius 2 is 2.06 bits per heavy atom. The van der Waals surface area contributed by atoms with Crippen LogP contribution in [-0.2, 0) is 4.74 Å². The maximum atomic E-state index is 11.9. The molecule has 0 saturated carbocycles. The summed E-state index contributed by atoms with van der Waals surface area (Å²) in [6, 6.07) is 7.36. The second-order valence-corrected chi connectivity index (χ2v) is 5.35. The fourth-order valence-corrected chi connectivity index (χ4v) is 2.24. The zero-order valence-corrected chi connectivity index (χ0v) is 12.7. The Morgan fingerprint density at radius 1 is 1.33 bits per heavy atom. The third kappa shape index (κ3) is 4.81. The molecule has 0 aliphatic heterocycles. The van der Waals surface area contributed by atoms with E-state index in [-0.39, 0.29) is 5.97 Å². The van der Waals surface area contributed by atoms with Crippen LogP contribution >= 0.6 is 15.9 Å². The summed E-state index contributed by atoms with van der Waals surface area (Å²) < 4.78 is 6.18. The lowest BCUT2D eigenvalue weighted by atomic mass is 10.0. The SMILES string of the molecule is CCCCC(CC)COC(=O)c1ccccc1Br. The second kappa shape index (κ2) is 8.30. The van der Waals surface area contributed by atoms with Gasteiger partial charge in [-0.05, 0) is 40.4 Å². The minimum absolute atomic E-state index is 0.238. The number of unbranched alkanes of at least 4 members (excludes halogenated alkanes) is 1. The largest absolute Gasteiger partial charge is 0.462 e. The summed E-state index contributed by atoms with van der Waals surface area (Å²) in [6.07, 6.45) is 4.58. The van der Waals surface area contributed by atoms with Gasteiger partial charge in [0.1, 0.15) is 0 Å². The first-order valence-corrected chi connectivity index (χ1v) is 7.40. The topological polar surface area (TPSA) is 26.3 Å². The summed E-state index contributed by atoms with van der Waals surface area (Å²) in [5.41, 5.74) is 0.600. The quantitative estimate of drug-likeness (QED) is 0.674. The lowest BCUT2D eigenvalue weighted by Gasteiger charge is -2.14. The first-order chi connectivity index (χ1) is 8.69. The minimum Gasteiger partial charge on any atom is -0.462 e. The van der Waals surface area contributed by atoms with Crippen LogP contribution in [0.5, 0.6) is 0 Å². The van der Waals surface area contributed by atoms with E-state index < -0.39 is 0 Å². The van der Waals surface area contributed by atoms with Crippen molar-refractivity contribution in [2.24, 2.45) is 5.92 Å². The van der Waals surface area contributed by atoms with E-state index in [0.29, 0.717) is 18.1 Å². The number of carbonyl (C=O) groups excluding carboxylic acids is 1. The molecule has 0 spiro atoms. The summed E-state index contributed by atoms with van der Waals surface area (Å²) in [7, 11) is 0. The molecule has 0 radical (unpaired) electrons. The van der Waals surface area contributed by atoms with Crippen molar-refractivity contribution >= 4 is 21.9 Å². The summed E-state index contributed by atoms with van der Waals surface area (Å²) >= 11 is 3.36. The smallest absolute Gasteiger partial charge is 0.339 e. The highest BCUT2D eigenvalue weighted by Gasteiger charge is 2.13. The Hall–Kier alpha value is -0.830. The number of rotatable bonds is 7. The fourth-order valence-electron chi connectivity index (χ4n) is 1.80. The van der Waals surface area contributed by atoms with E-state index in [2.05, 4.69) is 29.8 Å². The number of esters is 1. The lowest BCUT2D eigenvalue weighted by Crippen LogP contribution is -2.14. The molecule has 1 rings (SSSR count). The van der Waals surface area contributed by atoms with E-state index in [0.717, 1.165) is 17.3 Å². The van der Waals surface area contributed by atoms with E-state index in [1.54, 1.807) is 6.07 Å². The summed E-state index contributed by atoms with van der Waals surface area (Å²) in [4.78, 5) is 11.9. The molecule has 0 aliphatic carbocycles. The van der Waals surface area contributed by atoms with Gasteiger partial charge in [-0.25, -0.2) is 4.79 Å². The van der Waals surface area contributed by atoms with Crippen LogP contribution in [0, 0.1) is 5.92 Å². The number of hydrogen-bond acceptors (Lipinski definition) is 2. The average molecular weight is 313 g/mol. The van der Waals surface area contributed by atoms with Crippen molar-refractivity contribution in [1.82, 2.24) is 0 Å². The highest BCUT2D eigenvalue weighted by atomic mass is 79.9. The molecule has 0 bridgehead atoms. The van der Waals surface area contributed by atoms with Gasteiger partial charge < -0.3 is 4.74 Å². The molecule has 0 amide bonds. The normalized spacial score (nSPS) is 12.2. The van der Waals surface area contributed by atoms with Crippen molar-refractivity contribution in [2.75, 3.05) is 6.61 Å². The monoisotopic (exact) mass is 312 g/mol. The number of benzene rings is 1. The van der Waals surface area contributed by atoms with Crippen molar-refractivity contribution in [3.63, 3.8) is 0 Å².